The maximum atomic E-state index is 14.8. The Morgan fingerprint density at radius 1 is 1.30 bits per heavy atom. The molecule has 1 amide bonds. The van der Waals surface area contributed by atoms with Crippen molar-refractivity contribution in [2.45, 2.75) is 45.6 Å². The lowest BCUT2D eigenvalue weighted by molar-refractivity contribution is -0.134. The number of H-pyrrole nitrogens is 1. The summed E-state index contributed by atoms with van der Waals surface area (Å²) >= 11 is 0. The van der Waals surface area contributed by atoms with Crippen molar-refractivity contribution in [2.24, 2.45) is 5.92 Å². The summed E-state index contributed by atoms with van der Waals surface area (Å²) in [6.07, 6.45) is 0.780. The number of piperidine rings is 1. The summed E-state index contributed by atoms with van der Waals surface area (Å²) in [4.78, 5) is 25.3. The van der Waals surface area contributed by atoms with Gasteiger partial charge in [0, 0.05) is 39.0 Å². The number of rotatable bonds is 7. The molecule has 2 heterocycles. The fourth-order valence-electron chi connectivity index (χ4n) is 4.21. The zero-order chi connectivity index (χ0) is 24.5. The Morgan fingerprint density at radius 2 is 1.94 bits per heavy atom. The number of aryl methyl sites for hydroxylation is 1. The highest BCUT2D eigenvalue weighted by molar-refractivity contribution is 7.87. The number of hydrogen-bond donors (Lipinski definition) is 2. The van der Waals surface area contributed by atoms with Gasteiger partial charge in [0.1, 0.15) is 11.9 Å². The first kappa shape index (κ1) is 25.1. The number of halogens is 1. The predicted molar refractivity (Wildman–Crippen MR) is 119 cm³/mol. The van der Waals surface area contributed by atoms with Crippen molar-refractivity contribution in [1.82, 2.24) is 24.1 Å². The second kappa shape index (κ2) is 9.74. The zero-order valence-corrected chi connectivity index (χ0v) is 20.2. The molecule has 1 aliphatic rings. The van der Waals surface area contributed by atoms with Crippen LogP contribution in [0, 0.1) is 25.6 Å². The van der Waals surface area contributed by atoms with E-state index in [2.05, 4.69) is 14.9 Å². The number of benzene rings is 1. The average Bonchev–Trinajstić information content (AvgIpc) is 3.20. The molecule has 2 atom stereocenters. The van der Waals surface area contributed by atoms with Crippen LogP contribution in [0.3, 0.4) is 0 Å². The molecule has 1 aromatic heterocycles. The van der Waals surface area contributed by atoms with Gasteiger partial charge in [0.25, 0.3) is 10.2 Å². The molecule has 10 nitrogen and oxygen atoms in total. The maximum Gasteiger partial charge on any atom is 0.434 e. The second-order valence-electron chi connectivity index (χ2n) is 8.65. The Bertz CT molecular complexity index is 1170. The fourth-order valence-corrected chi connectivity index (χ4v) is 5.68. The van der Waals surface area contributed by atoms with Crippen LogP contribution < -0.4 is 10.5 Å². The molecule has 1 fully saturated rings. The average molecular weight is 484 g/mol. The first-order chi connectivity index (χ1) is 15.4. The van der Waals surface area contributed by atoms with Gasteiger partial charge in [-0.05, 0) is 49.4 Å². The molecule has 0 saturated carbocycles. The summed E-state index contributed by atoms with van der Waals surface area (Å²) < 4.78 is 50.1. The molecule has 1 saturated heterocycles. The molecule has 1 aliphatic heterocycles. The third kappa shape index (κ3) is 5.33. The van der Waals surface area contributed by atoms with Gasteiger partial charge in [0.05, 0.1) is 0 Å². The van der Waals surface area contributed by atoms with E-state index >= 15 is 0 Å². The van der Waals surface area contributed by atoms with Crippen LogP contribution in [0.1, 0.15) is 54.3 Å². The van der Waals surface area contributed by atoms with Crippen LogP contribution in [0.2, 0.25) is 0 Å². The van der Waals surface area contributed by atoms with Gasteiger partial charge in [-0.25, -0.2) is 14.3 Å². The molecule has 0 spiro atoms. The molecule has 0 bridgehead atoms. The van der Waals surface area contributed by atoms with Crippen molar-refractivity contribution in [3.63, 3.8) is 0 Å². The Labute approximate surface area is 192 Å². The molecule has 1 unspecified atom stereocenters. The number of hydrogen-bond acceptors (Lipinski definition) is 6. The van der Waals surface area contributed by atoms with Gasteiger partial charge in [0.15, 0.2) is 0 Å². The molecule has 1 aromatic carbocycles. The van der Waals surface area contributed by atoms with Gasteiger partial charge in [0.2, 0.25) is 11.8 Å². The molecule has 33 heavy (non-hydrogen) atoms. The van der Waals surface area contributed by atoms with Gasteiger partial charge >= 0.3 is 5.76 Å². The molecular weight excluding hydrogens is 453 g/mol. The molecule has 0 aliphatic carbocycles. The van der Waals surface area contributed by atoms with Crippen LogP contribution >= 0.6 is 0 Å². The van der Waals surface area contributed by atoms with Gasteiger partial charge in [-0.1, -0.05) is 13.0 Å². The first-order valence-electron chi connectivity index (χ1n) is 10.7. The standard InChI is InChI=1S/C21H30FN5O5S/c1-12-6-7-16(22)17(13(12)2)14(3)18(19-23-24-21(29)32-19)25-33(30,31)27-10-8-15(9-11-27)20(28)26(4)5/h6-7,14-15,18,25H,8-11H2,1-5H3,(H,24,29)/t14?,18-/m0/s1. The maximum absolute atomic E-state index is 14.8. The third-order valence-corrected chi connectivity index (χ3v) is 7.87. The van der Waals surface area contributed by atoms with E-state index in [4.69, 9.17) is 4.42 Å². The lowest BCUT2D eigenvalue weighted by Gasteiger charge is -2.33. The SMILES string of the molecule is Cc1ccc(F)c(C(C)[C@H](NS(=O)(=O)N2CCC(C(=O)N(C)C)CC2)c2n[nH]c(=O)o2)c1C. The van der Waals surface area contributed by atoms with E-state index in [1.54, 1.807) is 34.0 Å². The summed E-state index contributed by atoms with van der Waals surface area (Å²) in [5.41, 5.74) is 1.83. The fraction of sp³-hybridized carbons (Fsp3) is 0.571. The van der Waals surface area contributed by atoms with Crippen LogP contribution in [0.25, 0.3) is 0 Å². The monoisotopic (exact) mass is 483 g/mol. The van der Waals surface area contributed by atoms with E-state index in [1.165, 1.54) is 15.3 Å². The van der Waals surface area contributed by atoms with Crippen LogP contribution in [-0.4, -0.2) is 60.9 Å². The third-order valence-electron chi connectivity index (χ3n) is 6.27. The minimum absolute atomic E-state index is 0.0322. The van der Waals surface area contributed by atoms with Crippen molar-refractivity contribution in [1.29, 1.82) is 0 Å². The van der Waals surface area contributed by atoms with E-state index in [0.29, 0.717) is 24.0 Å². The quantitative estimate of drug-likeness (QED) is 0.616. The van der Waals surface area contributed by atoms with Crippen LogP contribution in [0.4, 0.5) is 4.39 Å². The summed E-state index contributed by atoms with van der Waals surface area (Å²) in [6.45, 7) is 5.54. The normalized spacial score (nSPS) is 17.6. The van der Waals surface area contributed by atoms with E-state index < -0.39 is 33.7 Å². The van der Waals surface area contributed by atoms with E-state index in [-0.39, 0.29) is 30.8 Å². The predicted octanol–water partition coefficient (Wildman–Crippen LogP) is 1.60. The Balaban J connectivity index is 1.88. The number of carbonyl (C=O) groups is 1. The van der Waals surface area contributed by atoms with Gasteiger partial charge in [-0.3, -0.25) is 4.79 Å². The van der Waals surface area contributed by atoms with Crippen LogP contribution in [0.5, 0.6) is 0 Å². The summed E-state index contributed by atoms with van der Waals surface area (Å²) in [5, 5.41) is 5.94. The lowest BCUT2D eigenvalue weighted by Crippen LogP contribution is -2.48. The van der Waals surface area contributed by atoms with E-state index in [1.807, 2.05) is 6.92 Å². The van der Waals surface area contributed by atoms with Crippen molar-refractivity contribution in [2.75, 3.05) is 27.2 Å². The van der Waals surface area contributed by atoms with Crippen molar-refractivity contribution in [3.8, 4) is 0 Å². The molecule has 2 N–H and O–H groups in total. The number of nitrogens with one attached hydrogen (secondary N) is 2. The van der Waals surface area contributed by atoms with Gasteiger partial charge in [-0.2, -0.15) is 17.4 Å². The smallest absolute Gasteiger partial charge is 0.391 e. The molecule has 3 rings (SSSR count). The lowest BCUT2D eigenvalue weighted by atomic mass is 9.88. The Hall–Kier alpha value is -2.57. The van der Waals surface area contributed by atoms with Crippen LogP contribution in [-0.2, 0) is 15.0 Å². The molecule has 182 valence electrons. The number of aromatic amines is 1. The number of amides is 1. The minimum atomic E-state index is -4.06. The molecule has 0 radical (unpaired) electrons. The number of carbonyl (C=O) groups excluding carboxylic acids is 1. The van der Waals surface area contributed by atoms with Crippen molar-refractivity contribution < 1.29 is 22.0 Å². The summed E-state index contributed by atoms with van der Waals surface area (Å²) in [7, 11) is -0.720. The van der Waals surface area contributed by atoms with Gasteiger partial charge < -0.3 is 9.32 Å². The highest BCUT2D eigenvalue weighted by atomic mass is 32.2. The Morgan fingerprint density at radius 3 is 2.48 bits per heavy atom. The summed E-state index contributed by atoms with van der Waals surface area (Å²) in [6, 6.07) is 1.84. The highest BCUT2D eigenvalue weighted by Crippen LogP contribution is 2.35. The highest BCUT2D eigenvalue weighted by Gasteiger charge is 2.37. The summed E-state index contributed by atoms with van der Waals surface area (Å²) in [5.74, 6) is -2.53. The molecule has 2 aromatic rings. The molecule has 12 heteroatoms. The van der Waals surface area contributed by atoms with Crippen molar-refractivity contribution >= 4 is 16.1 Å². The Kier molecular flexibility index (Phi) is 7.39. The first-order valence-corrected chi connectivity index (χ1v) is 12.2. The largest absolute Gasteiger partial charge is 0.434 e. The zero-order valence-electron chi connectivity index (χ0n) is 19.4. The molecular formula is C21H30FN5O5S. The van der Waals surface area contributed by atoms with Crippen molar-refractivity contribution in [3.05, 3.63) is 51.1 Å². The van der Waals surface area contributed by atoms with Crippen LogP contribution in [0.15, 0.2) is 21.3 Å². The minimum Gasteiger partial charge on any atom is -0.391 e. The van der Waals surface area contributed by atoms with Gasteiger partial charge in [-0.15, -0.1) is 5.10 Å². The number of aromatic nitrogens is 2. The van der Waals surface area contributed by atoms with E-state index in [0.717, 1.165) is 5.56 Å². The van der Waals surface area contributed by atoms with E-state index in [9.17, 15) is 22.4 Å². The topological polar surface area (TPSA) is 129 Å². The number of nitrogens with zero attached hydrogens (tertiary/aromatic N) is 3. The second-order valence-corrected chi connectivity index (χ2v) is 10.4.